The van der Waals surface area contributed by atoms with Crippen LogP contribution in [0.3, 0.4) is 0 Å². The molecular weight excluding hydrogens is 414 g/mol. The number of amides is 1. The molecule has 0 aliphatic heterocycles. The maximum atomic E-state index is 12.9. The van der Waals surface area contributed by atoms with Crippen molar-refractivity contribution in [2.75, 3.05) is 10.6 Å². The lowest BCUT2D eigenvalue weighted by Crippen LogP contribution is -2.18. The van der Waals surface area contributed by atoms with Gasteiger partial charge in [-0.15, -0.1) is 0 Å². The molecule has 0 unspecified atom stereocenters. The number of rotatable bonds is 6. The lowest BCUT2D eigenvalue weighted by Gasteiger charge is -2.15. The topological polar surface area (TPSA) is 127 Å². The number of carbonyl (C=O) groups excluding carboxylic acids is 1. The van der Waals surface area contributed by atoms with E-state index in [0.29, 0.717) is 34.4 Å². The molecule has 1 aliphatic carbocycles. The second kappa shape index (κ2) is 8.68. The Balaban J connectivity index is 1.59. The second-order valence-electron chi connectivity index (χ2n) is 8.63. The number of pyridine rings is 3. The van der Waals surface area contributed by atoms with Crippen LogP contribution in [0.2, 0.25) is 0 Å². The number of nitriles is 2. The molecule has 2 N–H and O–H groups in total. The molecule has 4 rings (SSSR count). The standard InChI is InChI=1S/C25H23N7O/c1-15-21(18-8-17(11-26)23(30-12-18)31-19-4-5-19)10-20(13-29-15)32-24(33)16-6-7-28-22(9-16)25(2,3)14-27/h6-10,12-13,19H,4-5H2,1-3H3,(H,30,31)(H,32,33). The van der Waals surface area contributed by atoms with Crippen LogP contribution < -0.4 is 10.6 Å². The Kier molecular flexibility index (Phi) is 5.76. The highest BCUT2D eigenvalue weighted by molar-refractivity contribution is 6.04. The third kappa shape index (κ3) is 4.81. The fourth-order valence-corrected chi connectivity index (χ4v) is 3.30. The summed E-state index contributed by atoms with van der Waals surface area (Å²) in [6.07, 6.45) is 6.99. The van der Waals surface area contributed by atoms with E-state index in [1.165, 1.54) is 6.20 Å². The molecule has 1 fully saturated rings. The number of aromatic nitrogens is 3. The van der Waals surface area contributed by atoms with E-state index in [1.54, 1.807) is 44.4 Å². The fourth-order valence-electron chi connectivity index (χ4n) is 3.30. The third-order valence-corrected chi connectivity index (χ3v) is 5.52. The minimum Gasteiger partial charge on any atom is -0.366 e. The molecule has 8 nitrogen and oxygen atoms in total. The highest BCUT2D eigenvalue weighted by atomic mass is 16.1. The van der Waals surface area contributed by atoms with Gasteiger partial charge in [-0.2, -0.15) is 10.5 Å². The minimum absolute atomic E-state index is 0.330. The molecule has 0 spiro atoms. The molecule has 0 radical (unpaired) electrons. The SMILES string of the molecule is Cc1ncc(NC(=O)c2ccnc(C(C)(C)C#N)c2)cc1-c1cnc(NC2CC2)c(C#N)c1. The van der Waals surface area contributed by atoms with Gasteiger partial charge in [0.15, 0.2) is 0 Å². The molecule has 1 saturated carbocycles. The van der Waals surface area contributed by atoms with Crippen LogP contribution in [0.1, 0.15) is 54.0 Å². The summed E-state index contributed by atoms with van der Waals surface area (Å²) in [5, 5.41) is 25.0. The number of hydrogen-bond donors (Lipinski definition) is 2. The first-order chi connectivity index (χ1) is 15.8. The van der Waals surface area contributed by atoms with Crippen LogP contribution in [-0.4, -0.2) is 26.9 Å². The van der Waals surface area contributed by atoms with E-state index in [1.807, 2.05) is 13.0 Å². The molecule has 3 heterocycles. The fraction of sp³-hybridized carbons (Fsp3) is 0.280. The quantitative estimate of drug-likeness (QED) is 0.587. The van der Waals surface area contributed by atoms with Gasteiger partial charge in [0.1, 0.15) is 11.9 Å². The summed E-state index contributed by atoms with van der Waals surface area (Å²) in [6.45, 7) is 5.37. The monoisotopic (exact) mass is 437 g/mol. The van der Waals surface area contributed by atoms with Crippen LogP contribution in [0.15, 0.2) is 42.9 Å². The van der Waals surface area contributed by atoms with Crippen molar-refractivity contribution in [1.82, 2.24) is 15.0 Å². The molecule has 3 aromatic heterocycles. The summed E-state index contributed by atoms with van der Waals surface area (Å²) in [5.74, 6) is 0.261. The third-order valence-electron chi connectivity index (χ3n) is 5.52. The van der Waals surface area contributed by atoms with Gasteiger partial charge in [-0.05, 0) is 57.9 Å². The zero-order valence-corrected chi connectivity index (χ0v) is 18.7. The Morgan fingerprint density at radius 1 is 1.12 bits per heavy atom. The van der Waals surface area contributed by atoms with E-state index < -0.39 is 5.41 Å². The average Bonchev–Trinajstić information content (AvgIpc) is 3.65. The van der Waals surface area contributed by atoms with Crippen molar-refractivity contribution in [3.05, 3.63) is 65.4 Å². The van der Waals surface area contributed by atoms with Gasteiger partial charge in [-0.25, -0.2) is 4.98 Å². The molecule has 33 heavy (non-hydrogen) atoms. The maximum absolute atomic E-state index is 12.9. The maximum Gasteiger partial charge on any atom is 0.255 e. The van der Waals surface area contributed by atoms with Crippen molar-refractivity contribution in [2.45, 2.75) is 45.1 Å². The number of hydrogen-bond acceptors (Lipinski definition) is 7. The van der Waals surface area contributed by atoms with E-state index in [-0.39, 0.29) is 5.91 Å². The molecule has 0 aromatic carbocycles. The first kappa shape index (κ1) is 21.9. The summed E-state index contributed by atoms with van der Waals surface area (Å²) in [5.41, 5.74) is 3.37. The van der Waals surface area contributed by atoms with Gasteiger partial charge in [-0.3, -0.25) is 14.8 Å². The Morgan fingerprint density at radius 3 is 2.61 bits per heavy atom. The highest BCUT2D eigenvalue weighted by Gasteiger charge is 2.24. The van der Waals surface area contributed by atoms with Crippen LogP contribution in [0.5, 0.6) is 0 Å². The van der Waals surface area contributed by atoms with Crippen LogP contribution in [-0.2, 0) is 5.41 Å². The van der Waals surface area contributed by atoms with Gasteiger partial charge in [0, 0.05) is 40.8 Å². The van der Waals surface area contributed by atoms with Gasteiger partial charge in [0.2, 0.25) is 0 Å². The number of nitrogens with zero attached hydrogens (tertiary/aromatic N) is 5. The first-order valence-corrected chi connectivity index (χ1v) is 10.6. The molecule has 3 aromatic rings. The molecule has 8 heteroatoms. The summed E-state index contributed by atoms with van der Waals surface area (Å²) in [7, 11) is 0. The Morgan fingerprint density at radius 2 is 1.91 bits per heavy atom. The van der Waals surface area contributed by atoms with Crippen LogP contribution in [0, 0.1) is 29.6 Å². The van der Waals surface area contributed by atoms with Crippen LogP contribution >= 0.6 is 0 Å². The van der Waals surface area contributed by atoms with Gasteiger partial charge in [0.25, 0.3) is 5.91 Å². The zero-order chi connectivity index (χ0) is 23.6. The summed E-state index contributed by atoms with van der Waals surface area (Å²) in [6, 6.07) is 11.6. The second-order valence-corrected chi connectivity index (χ2v) is 8.63. The highest BCUT2D eigenvalue weighted by Crippen LogP contribution is 2.30. The van der Waals surface area contributed by atoms with E-state index in [4.69, 9.17) is 0 Å². The van der Waals surface area contributed by atoms with Crippen molar-refractivity contribution in [1.29, 1.82) is 10.5 Å². The van der Waals surface area contributed by atoms with E-state index in [0.717, 1.165) is 29.7 Å². The Hall–Kier alpha value is -4.30. The average molecular weight is 438 g/mol. The van der Waals surface area contributed by atoms with Crippen molar-refractivity contribution >= 4 is 17.4 Å². The number of aryl methyl sites for hydroxylation is 1. The largest absolute Gasteiger partial charge is 0.366 e. The Labute approximate surface area is 192 Å². The molecular formula is C25H23N7O. The van der Waals surface area contributed by atoms with Crippen molar-refractivity contribution in [3.63, 3.8) is 0 Å². The normalized spacial score (nSPS) is 13.0. The number of nitrogens with one attached hydrogen (secondary N) is 2. The van der Waals surface area contributed by atoms with Gasteiger partial charge in [-0.1, -0.05) is 0 Å². The summed E-state index contributed by atoms with van der Waals surface area (Å²) < 4.78 is 0. The molecule has 0 saturated heterocycles. The molecule has 1 aliphatic rings. The van der Waals surface area contributed by atoms with E-state index >= 15 is 0 Å². The van der Waals surface area contributed by atoms with Crippen LogP contribution in [0.25, 0.3) is 11.1 Å². The predicted octanol–water partition coefficient (Wildman–Crippen LogP) is 4.35. The summed E-state index contributed by atoms with van der Waals surface area (Å²) in [4.78, 5) is 25.9. The Bertz CT molecular complexity index is 1310. The summed E-state index contributed by atoms with van der Waals surface area (Å²) >= 11 is 0. The van der Waals surface area contributed by atoms with Crippen molar-refractivity contribution < 1.29 is 4.79 Å². The number of carbonyl (C=O) groups is 1. The predicted molar refractivity (Wildman–Crippen MR) is 124 cm³/mol. The van der Waals surface area contributed by atoms with E-state index in [2.05, 4.69) is 37.7 Å². The molecule has 0 atom stereocenters. The van der Waals surface area contributed by atoms with Gasteiger partial charge in [0.05, 0.1) is 34.6 Å². The van der Waals surface area contributed by atoms with E-state index in [9.17, 15) is 15.3 Å². The first-order valence-electron chi connectivity index (χ1n) is 10.6. The number of anilines is 2. The smallest absolute Gasteiger partial charge is 0.255 e. The zero-order valence-electron chi connectivity index (χ0n) is 18.7. The van der Waals surface area contributed by atoms with Crippen molar-refractivity contribution in [3.8, 4) is 23.3 Å². The lowest BCUT2D eigenvalue weighted by atomic mass is 9.90. The molecule has 0 bridgehead atoms. The molecule has 164 valence electrons. The van der Waals surface area contributed by atoms with Gasteiger partial charge >= 0.3 is 0 Å². The lowest BCUT2D eigenvalue weighted by molar-refractivity contribution is 0.102. The van der Waals surface area contributed by atoms with Crippen molar-refractivity contribution in [2.24, 2.45) is 0 Å². The minimum atomic E-state index is -0.805. The molecule has 1 amide bonds. The van der Waals surface area contributed by atoms with Gasteiger partial charge < -0.3 is 10.6 Å². The van der Waals surface area contributed by atoms with Crippen LogP contribution in [0.4, 0.5) is 11.5 Å².